The van der Waals surface area contributed by atoms with Crippen LogP contribution in [0.5, 0.6) is 0 Å². The zero-order chi connectivity index (χ0) is 23.8. The molecule has 0 aliphatic carbocycles. The molecule has 0 unspecified atom stereocenters. The Balaban J connectivity index is 0.00000220. The molecular weight excluding hydrogens is 479 g/mol. The van der Waals surface area contributed by atoms with Gasteiger partial charge in [-0.3, -0.25) is 14.9 Å². The van der Waals surface area contributed by atoms with E-state index in [1.54, 1.807) is 12.1 Å². The number of halogens is 2. The van der Waals surface area contributed by atoms with Crippen LogP contribution in [0.3, 0.4) is 0 Å². The third-order valence-corrected chi connectivity index (χ3v) is 8.46. The molecule has 3 aliphatic rings. The van der Waals surface area contributed by atoms with Gasteiger partial charge in [-0.15, -0.1) is 12.4 Å². The number of amides is 2. The predicted molar refractivity (Wildman–Crippen MR) is 141 cm³/mol. The van der Waals surface area contributed by atoms with Gasteiger partial charge >= 0.3 is 0 Å². The number of hydrogen-bond donors (Lipinski definition) is 2. The minimum atomic E-state index is -0.397. The van der Waals surface area contributed by atoms with Crippen LogP contribution in [-0.4, -0.2) is 27.5 Å². The summed E-state index contributed by atoms with van der Waals surface area (Å²) in [5.41, 5.74) is 6.73. The summed E-state index contributed by atoms with van der Waals surface area (Å²) in [6.07, 6.45) is 0.860. The van der Waals surface area contributed by atoms with Gasteiger partial charge in [-0.2, -0.15) is 0 Å². The largest absolute Gasteiger partial charge is 0.338 e. The Morgan fingerprint density at radius 3 is 2.33 bits per heavy atom. The number of para-hydroxylation sites is 1. The number of aromatic nitrogens is 2. The lowest BCUT2D eigenvalue weighted by Gasteiger charge is -2.32. The number of fused-ring (bicyclic) bond motifs is 10. The Morgan fingerprint density at radius 1 is 0.889 bits per heavy atom. The fourth-order valence-electron chi connectivity index (χ4n) is 6.92. The van der Waals surface area contributed by atoms with Crippen LogP contribution in [0, 0.1) is 5.82 Å². The first-order chi connectivity index (χ1) is 16.9. The molecule has 6 nitrogen and oxygen atoms in total. The summed E-state index contributed by atoms with van der Waals surface area (Å²) in [4.78, 5) is 26.6. The van der Waals surface area contributed by atoms with E-state index in [-0.39, 0.29) is 29.5 Å². The van der Waals surface area contributed by atoms with Crippen molar-refractivity contribution < 1.29 is 14.0 Å². The average molecular weight is 503 g/mol. The van der Waals surface area contributed by atoms with Crippen molar-refractivity contribution >= 4 is 67.8 Å². The second kappa shape index (κ2) is 6.87. The van der Waals surface area contributed by atoms with Crippen LogP contribution in [0.1, 0.15) is 52.1 Å². The maximum Gasteiger partial charge on any atom is 0.259 e. The summed E-state index contributed by atoms with van der Waals surface area (Å²) in [6, 6.07) is 9.38. The monoisotopic (exact) mass is 502 g/mol. The van der Waals surface area contributed by atoms with Gasteiger partial charge in [0, 0.05) is 47.7 Å². The van der Waals surface area contributed by atoms with Crippen molar-refractivity contribution in [3.05, 3.63) is 58.4 Å². The molecule has 5 heterocycles. The molecule has 3 aromatic carbocycles. The fraction of sp³-hybridized carbons (Fsp3) is 0.286. The number of rotatable bonds is 0. The average Bonchev–Trinajstić information content (AvgIpc) is 3.34. The van der Waals surface area contributed by atoms with Crippen molar-refractivity contribution in [1.82, 2.24) is 19.8 Å². The summed E-state index contributed by atoms with van der Waals surface area (Å²) in [5, 5.41) is 9.30. The van der Waals surface area contributed by atoms with Crippen molar-refractivity contribution in [3.63, 3.8) is 0 Å². The molecule has 0 spiro atoms. The van der Waals surface area contributed by atoms with Crippen LogP contribution in [0.4, 0.5) is 4.39 Å². The van der Waals surface area contributed by atoms with Gasteiger partial charge in [0.2, 0.25) is 0 Å². The first-order valence-electron chi connectivity index (χ1n) is 12.2. The number of carbonyl (C=O) groups is 2. The lowest BCUT2D eigenvalue weighted by atomic mass is 9.78. The molecule has 0 radical (unpaired) electrons. The third kappa shape index (κ3) is 2.40. The highest BCUT2D eigenvalue weighted by Gasteiger charge is 2.39. The number of hydrogen-bond acceptors (Lipinski definition) is 3. The van der Waals surface area contributed by atoms with Crippen molar-refractivity contribution in [2.45, 2.75) is 45.3 Å². The Hall–Kier alpha value is -3.42. The molecule has 5 aromatic rings. The topological polar surface area (TPSA) is 68.1 Å². The highest BCUT2D eigenvalue weighted by molar-refractivity contribution is 6.39. The van der Waals surface area contributed by atoms with Crippen LogP contribution in [-0.2, 0) is 25.0 Å². The van der Waals surface area contributed by atoms with Crippen LogP contribution < -0.4 is 10.6 Å². The van der Waals surface area contributed by atoms with Gasteiger partial charge in [0.25, 0.3) is 11.8 Å². The maximum absolute atomic E-state index is 15.1. The van der Waals surface area contributed by atoms with E-state index in [1.807, 2.05) is 6.07 Å². The van der Waals surface area contributed by atoms with E-state index in [0.717, 1.165) is 76.4 Å². The number of benzene rings is 3. The Kier molecular flexibility index (Phi) is 4.16. The lowest BCUT2D eigenvalue weighted by molar-refractivity contribution is 0.0880. The number of nitrogens with zero attached hydrogens (tertiary/aromatic N) is 2. The van der Waals surface area contributed by atoms with Crippen molar-refractivity contribution in [3.8, 4) is 0 Å². The molecule has 2 amide bonds. The van der Waals surface area contributed by atoms with Gasteiger partial charge in [-0.1, -0.05) is 32.0 Å². The SMILES string of the molecule is CC1(C)CCn2c3c1cc(F)cc3c1c3c(c4c5cccc6c5n(c4c12)CCNC6)C(=O)NC3=O.Cl. The van der Waals surface area contributed by atoms with E-state index >= 15 is 4.39 Å². The molecule has 2 N–H and O–H groups in total. The molecule has 0 saturated carbocycles. The van der Waals surface area contributed by atoms with E-state index < -0.39 is 5.91 Å². The third-order valence-electron chi connectivity index (χ3n) is 8.46. The molecule has 0 saturated heterocycles. The fourth-order valence-corrected chi connectivity index (χ4v) is 6.92. The van der Waals surface area contributed by atoms with Gasteiger partial charge in [0.1, 0.15) is 5.82 Å². The van der Waals surface area contributed by atoms with Crippen molar-refractivity contribution in [1.29, 1.82) is 0 Å². The zero-order valence-electron chi connectivity index (χ0n) is 19.9. The normalized spacial score (nSPS) is 18.1. The highest BCUT2D eigenvalue weighted by Crippen LogP contribution is 2.49. The summed E-state index contributed by atoms with van der Waals surface area (Å²) in [5.74, 6) is -1.08. The molecule has 182 valence electrons. The minimum absolute atomic E-state index is 0. The standard InChI is InChI=1S/C28H23FN4O2.ClH/c1-28(2)6-8-32-23-16(10-14(29)11-17(23)28)19-21-20(26(34)31-27(21)35)18-15-5-3-4-13-12-30-7-9-33(22(13)15)24(18)25(19)32;/h3-5,10-11,30H,6-9,12H2,1-2H3,(H,31,34,35);1H. The van der Waals surface area contributed by atoms with E-state index in [1.165, 1.54) is 5.56 Å². The quantitative estimate of drug-likeness (QED) is 0.288. The van der Waals surface area contributed by atoms with Gasteiger partial charge in [0.15, 0.2) is 0 Å². The minimum Gasteiger partial charge on any atom is -0.338 e. The van der Waals surface area contributed by atoms with Crippen LogP contribution in [0.15, 0.2) is 30.3 Å². The van der Waals surface area contributed by atoms with Crippen molar-refractivity contribution in [2.24, 2.45) is 0 Å². The summed E-state index contributed by atoms with van der Waals surface area (Å²) < 4.78 is 19.7. The molecule has 0 fully saturated rings. The van der Waals surface area contributed by atoms with Gasteiger partial charge < -0.3 is 14.5 Å². The van der Waals surface area contributed by atoms with E-state index in [4.69, 9.17) is 0 Å². The lowest BCUT2D eigenvalue weighted by Crippen LogP contribution is -2.25. The second-order valence-corrected chi connectivity index (χ2v) is 10.8. The van der Waals surface area contributed by atoms with E-state index in [2.05, 4.69) is 45.7 Å². The van der Waals surface area contributed by atoms with E-state index in [9.17, 15) is 9.59 Å². The number of carbonyl (C=O) groups excluding carboxylic acids is 2. The first-order valence-corrected chi connectivity index (χ1v) is 12.2. The zero-order valence-corrected chi connectivity index (χ0v) is 20.7. The molecule has 8 rings (SSSR count). The van der Waals surface area contributed by atoms with Crippen LogP contribution >= 0.6 is 12.4 Å². The molecule has 3 aliphatic heterocycles. The predicted octanol–water partition coefficient (Wildman–Crippen LogP) is 5.13. The maximum atomic E-state index is 15.1. The second-order valence-electron chi connectivity index (χ2n) is 10.8. The van der Waals surface area contributed by atoms with Gasteiger partial charge in [0.05, 0.1) is 33.2 Å². The Morgan fingerprint density at radius 2 is 1.58 bits per heavy atom. The number of nitrogens with one attached hydrogen (secondary N) is 2. The molecule has 8 heteroatoms. The molecular formula is C28H24ClFN4O2. The molecule has 0 bridgehead atoms. The number of aryl methyl sites for hydroxylation is 1. The van der Waals surface area contributed by atoms with Crippen molar-refractivity contribution in [2.75, 3.05) is 6.54 Å². The van der Waals surface area contributed by atoms with Gasteiger partial charge in [-0.25, -0.2) is 4.39 Å². The summed E-state index contributed by atoms with van der Waals surface area (Å²) in [7, 11) is 0. The Labute approximate surface area is 211 Å². The smallest absolute Gasteiger partial charge is 0.259 e. The number of imide groups is 1. The summed E-state index contributed by atoms with van der Waals surface area (Å²) >= 11 is 0. The first kappa shape index (κ1) is 21.8. The summed E-state index contributed by atoms with van der Waals surface area (Å²) in [6.45, 7) is 7.35. The van der Waals surface area contributed by atoms with Crippen LogP contribution in [0.2, 0.25) is 0 Å². The molecule has 36 heavy (non-hydrogen) atoms. The molecule has 2 aromatic heterocycles. The van der Waals surface area contributed by atoms with Crippen LogP contribution in [0.25, 0.3) is 43.6 Å². The van der Waals surface area contributed by atoms with E-state index in [0.29, 0.717) is 16.5 Å². The highest BCUT2D eigenvalue weighted by atomic mass is 35.5. The molecule has 0 atom stereocenters. The Bertz CT molecular complexity index is 1860. The van der Waals surface area contributed by atoms with Gasteiger partial charge in [-0.05, 0) is 35.1 Å².